The van der Waals surface area contributed by atoms with Crippen LogP contribution in [0.25, 0.3) is 10.9 Å². The number of carbonyl (C=O) groups is 1. The van der Waals surface area contributed by atoms with E-state index in [1.54, 1.807) is 0 Å². The zero-order valence-corrected chi connectivity index (χ0v) is 10.9. The van der Waals surface area contributed by atoms with Gasteiger partial charge < -0.3 is 4.57 Å². The van der Waals surface area contributed by atoms with E-state index in [4.69, 9.17) is 0 Å². The van der Waals surface area contributed by atoms with Gasteiger partial charge in [-0.3, -0.25) is 4.79 Å². The SMILES string of the molecule is O=Cc1cccc2ccn(CC#Cc3ccccc3)c12. The molecule has 2 aromatic carbocycles. The van der Waals surface area contributed by atoms with E-state index >= 15 is 0 Å². The van der Waals surface area contributed by atoms with E-state index in [2.05, 4.69) is 11.8 Å². The van der Waals surface area contributed by atoms with Gasteiger partial charge in [0, 0.05) is 22.7 Å². The van der Waals surface area contributed by atoms with Gasteiger partial charge in [-0.15, -0.1) is 0 Å². The number of fused-ring (bicyclic) bond motifs is 1. The summed E-state index contributed by atoms with van der Waals surface area (Å²) in [6.45, 7) is 0.573. The van der Waals surface area contributed by atoms with Crippen LogP contribution in [0.1, 0.15) is 15.9 Å². The predicted molar refractivity (Wildman–Crippen MR) is 80.6 cm³/mol. The predicted octanol–water partition coefficient (Wildman–Crippen LogP) is 3.51. The van der Waals surface area contributed by atoms with Gasteiger partial charge >= 0.3 is 0 Å². The summed E-state index contributed by atoms with van der Waals surface area (Å²) in [6.07, 6.45) is 2.86. The van der Waals surface area contributed by atoms with Crippen molar-refractivity contribution in [3.63, 3.8) is 0 Å². The van der Waals surface area contributed by atoms with Crippen molar-refractivity contribution in [1.29, 1.82) is 0 Å². The number of para-hydroxylation sites is 1. The lowest BCUT2D eigenvalue weighted by Gasteiger charge is -2.02. The van der Waals surface area contributed by atoms with Crippen molar-refractivity contribution in [2.45, 2.75) is 6.54 Å². The second-order valence-electron chi connectivity index (χ2n) is 4.51. The van der Waals surface area contributed by atoms with Gasteiger partial charge in [-0.1, -0.05) is 42.2 Å². The average Bonchev–Trinajstić information content (AvgIpc) is 2.92. The Balaban J connectivity index is 1.93. The van der Waals surface area contributed by atoms with E-state index in [-0.39, 0.29) is 0 Å². The normalized spacial score (nSPS) is 10.0. The first-order chi connectivity index (χ1) is 9.88. The molecule has 0 saturated carbocycles. The highest BCUT2D eigenvalue weighted by atomic mass is 16.1. The van der Waals surface area contributed by atoms with Crippen molar-refractivity contribution >= 4 is 17.2 Å². The number of aromatic nitrogens is 1. The molecule has 0 N–H and O–H groups in total. The first-order valence-electron chi connectivity index (χ1n) is 6.45. The van der Waals surface area contributed by atoms with E-state index in [0.717, 1.165) is 22.8 Å². The Morgan fingerprint density at radius 1 is 1.00 bits per heavy atom. The van der Waals surface area contributed by atoms with E-state index in [0.29, 0.717) is 12.1 Å². The second-order valence-corrected chi connectivity index (χ2v) is 4.51. The summed E-state index contributed by atoms with van der Waals surface area (Å²) >= 11 is 0. The van der Waals surface area contributed by atoms with Crippen molar-refractivity contribution in [1.82, 2.24) is 4.57 Å². The number of hydrogen-bond donors (Lipinski definition) is 0. The Bertz CT molecular complexity index is 804. The molecule has 0 fully saturated rings. The van der Waals surface area contributed by atoms with Crippen LogP contribution in [-0.2, 0) is 6.54 Å². The van der Waals surface area contributed by atoms with E-state index < -0.39 is 0 Å². The summed E-state index contributed by atoms with van der Waals surface area (Å²) in [5, 5.41) is 1.07. The second kappa shape index (κ2) is 5.46. The number of rotatable bonds is 2. The van der Waals surface area contributed by atoms with Crippen molar-refractivity contribution in [3.05, 3.63) is 71.9 Å². The monoisotopic (exact) mass is 259 g/mol. The summed E-state index contributed by atoms with van der Waals surface area (Å²) in [5.41, 5.74) is 2.65. The average molecular weight is 259 g/mol. The number of aldehydes is 1. The molecule has 0 aliphatic carbocycles. The molecule has 0 unspecified atom stereocenters. The summed E-state index contributed by atoms with van der Waals surface area (Å²) in [4.78, 5) is 11.1. The zero-order valence-electron chi connectivity index (χ0n) is 10.9. The quantitative estimate of drug-likeness (QED) is 0.510. The summed E-state index contributed by atoms with van der Waals surface area (Å²) in [5.74, 6) is 6.27. The Kier molecular flexibility index (Phi) is 3.34. The highest BCUT2D eigenvalue weighted by Crippen LogP contribution is 2.18. The largest absolute Gasteiger partial charge is 0.335 e. The van der Waals surface area contributed by atoms with Crippen LogP contribution < -0.4 is 0 Å². The molecule has 96 valence electrons. The molecule has 3 rings (SSSR count). The molecule has 0 atom stereocenters. The molecule has 0 aliphatic heterocycles. The first kappa shape index (κ1) is 12.3. The minimum Gasteiger partial charge on any atom is -0.335 e. The highest BCUT2D eigenvalue weighted by Gasteiger charge is 2.04. The fourth-order valence-corrected chi connectivity index (χ4v) is 2.27. The molecule has 0 amide bonds. The van der Waals surface area contributed by atoms with Gasteiger partial charge in [0.15, 0.2) is 6.29 Å². The summed E-state index contributed by atoms with van der Waals surface area (Å²) in [6, 6.07) is 17.6. The molecule has 0 spiro atoms. The van der Waals surface area contributed by atoms with Gasteiger partial charge in [0.2, 0.25) is 0 Å². The molecular formula is C18H13NO. The molecule has 1 heterocycles. The lowest BCUT2D eigenvalue weighted by Crippen LogP contribution is -1.96. The van der Waals surface area contributed by atoms with E-state index in [9.17, 15) is 4.79 Å². The highest BCUT2D eigenvalue weighted by molar-refractivity contribution is 5.96. The van der Waals surface area contributed by atoms with Crippen LogP contribution in [-0.4, -0.2) is 10.9 Å². The van der Waals surface area contributed by atoms with Crippen molar-refractivity contribution in [2.75, 3.05) is 0 Å². The van der Waals surface area contributed by atoms with E-state index in [1.165, 1.54) is 0 Å². The number of nitrogens with zero attached hydrogens (tertiary/aromatic N) is 1. The maximum Gasteiger partial charge on any atom is 0.152 e. The molecular weight excluding hydrogens is 246 g/mol. The summed E-state index contributed by atoms with van der Waals surface area (Å²) in [7, 11) is 0. The molecule has 20 heavy (non-hydrogen) atoms. The van der Waals surface area contributed by atoms with Gasteiger partial charge in [-0.2, -0.15) is 0 Å². The molecule has 0 aliphatic rings. The third-order valence-electron chi connectivity index (χ3n) is 3.20. The minimum atomic E-state index is 0.573. The molecule has 2 heteroatoms. The topological polar surface area (TPSA) is 22.0 Å². The van der Waals surface area contributed by atoms with Gasteiger partial charge in [0.1, 0.15) is 0 Å². The number of hydrogen-bond acceptors (Lipinski definition) is 1. The third kappa shape index (κ3) is 2.34. The maximum absolute atomic E-state index is 11.1. The van der Waals surface area contributed by atoms with Crippen LogP contribution in [0, 0.1) is 11.8 Å². The molecule has 3 aromatic rings. The third-order valence-corrected chi connectivity index (χ3v) is 3.20. The van der Waals surface area contributed by atoms with Crippen LogP contribution in [0.3, 0.4) is 0 Å². The van der Waals surface area contributed by atoms with Crippen LogP contribution >= 0.6 is 0 Å². The standard InChI is InChI=1S/C18H13NO/c20-14-17-10-4-9-16-11-13-19(18(16)17)12-5-8-15-6-2-1-3-7-15/h1-4,6-7,9-11,13-14H,12H2. The van der Waals surface area contributed by atoms with Crippen molar-refractivity contribution < 1.29 is 4.79 Å². The van der Waals surface area contributed by atoms with Gasteiger partial charge in [0.05, 0.1) is 12.1 Å². The zero-order chi connectivity index (χ0) is 13.8. The van der Waals surface area contributed by atoms with Crippen molar-refractivity contribution in [3.8, 4) is 11.8 Å². The lowest BCUT2D eigenvalue weighted by molar-refractivity contribution is 0.112. The maximum atomic E-state index is 11.1. The lowest BCUT2D eigenvalue weighted by atomic mass is 10.1. The molecule has 0 bridgehead atoms. The van der Waals surface area contributed by atoms with Crippen LogP contribution in [0.15, 0.2) is 60.8 Å². The molecule has 2 nitrogen and oxygen atoms in total. The fourth-order valence-electron chi connectivity index (χ4n) is 2.27. The number of benzene rings is 2. The van der Waals surface area contributed by atoms with Crippen LogP contribution in [0.5, 0.6) is 0 Å². The molecule has 0 radical (unpaired) electrons. The minimum absolute atomic E-state index is 0.573. The number of carbonyl (C=O) groups excluding carboxylic acids is 1. The fraction of sp³-hybridized carbons (Fsp3) is 0.0556. The Morgan fingerprint density at radius 3 is 2.65 bits per heavy atom. The van der Waals surface area contributed by atoms with Crippen LogP contribution in [0.2, 0.25) is 0 Å². The van der Waals surface area contributed by atoms with Gasteiger partial charge in [-0.05, 0) is 24.3 Å². The molecule has 0 saturated heterocycles. The van der Waals surface area contributed by atoms with Crippen molar-refractivity contribution in [2.24, 2.45) is 0 Å². The summed E-state index contributed by atoms with van der Waals surface area (Å²) < 4.78 is 2.01. The first-order valence-corrected chi connectivity index (χ1v) is 6.45. The smallest absolute Gasteiger partial charge is 0.152 e. The van der Waals surface area contributed by atoms with Gasteiger partial charge in [0.25, 0.3) is 0 Å². The van der Waals surface area contributed by atoms with Gasteiger partial charge in [-0.25, -0.2) is 0 Å². The Morgan fingerprint density at radius 2 is 1.85 bits per heavy atom. The molecule has 1 aromatic heterocycles. The Labute approximate surface area is 117 Å². The Hall–Kier alpha value is -2.79. The van der Waals surface area contributed by atoms with Crippen LogP contribution in [0.4, 0.5) is 0 Å². The van der Waals surface area contributed by atoms with E-state index in [1.807, 2.05) is 65.4 Å².